The van der Waals surface area contributed by atoms with Gasteiger partial charge in [0.05, 0.1) is 17.9 Å². The van der Waals surface area contributed by atoms with E-state index in [-0.39, 0.29) is 17.9 Å². The van der Waals surface area contributed by atoms with Crippen LogP contribution in [0.4, 0.5) is 17.1 Å². The number of amides is 2. The van der Waals surface area contributed by atoms with E-state index in [9.17, 15) is 9.59 Å². The van der Waals surface area contributed by atoms with E-state index in [1.165, 1.54) is 16.8 Å². The van der Waals surface area contributed by atoms with Gasteiger partial charge in [-0.3, -0.25) is 14.5 Å². The van der Waals surface area contributed by atoms with Crippen LogP contribution in [-0.2, 0) is 9.59 Å². The van der Waals surface area contributed by atoms with Gasteiger partial charge in [0.2, 0.25) is 11.8 Å². The Morgan fingerprint density at radius 1 is 1.00 bits per heavy atom. The number of rotatable bonds is 3. The van der Waals surface area contributed by atoms with E-state index < -0.39 is 0 Å². The molecule has 1 fully saturated rings. The number of para-hydroxylation sites is 2. The van der Waals surface area contributed by atoms with Crippen LogP contribution in [0, 0.1) is 13.8 Å². The normalized spacial score (nSPS) is 19.8. The number of fused-ring (bicyclic) bond motifs is 1. The van der Waals surface area contributed by atoms with E-state index in [0.717, 1.165) is 31.9 Å². The summed E-state index contributed by atoms with van der Waals surface area (Å²) in [6.07, 6.45) is 0.306. The summed E-state index contributed by atoms with van der Waals surface area (Å²) in [5.74, 6) is -0.000903. The summed E-state index contributed by atoms with van der Waals surface area (Å²) in [4.78, 5) is 31.9. The van der Waals surface area contributed by atoms with E-state index in [1.807, 2.05) is 31.2 Å². The lowest BCUT2D eigenvalue weighted by molar-refractivity contribution is -0.120. The van der Waals surface area contributed by atoms with Gasteiger partial charge in [-0.2, -0.15) is 0 Å². The fraction of sp³-hybridized carbons (Fsp3) is 0.417. The summed E-state index contributed by atoms with van der Waals surface area (Å²) >= 11 is 0. The van der Waals surface area contributed by atoms with Crippen LogP contribution in [0.3, 0.4) is 0 Å². The van der Waals surface area contributed by atoms with Crippen LogP contribution in [0.5, 0.6) is 0 Å². The van der Waals surface area contributed by atoms with Gasteiger partial charge < -0.3 is 15.1 Å². The molecule has 6 nitrogen and oxygen atoms in total. The van der Waals surface area contributed by atoms with Gasteiger partial charge >= 0.3 is 0 Å². The summed E-state index contributed by atoms with van der Waals surface area (Å²) in [6.45, 7) is 10.1. The number of aryl methyl sites for hydroxylation is 1. The monoisotopic (exact) mass is 406 g/mol. The number of nitrogens with one attached hydrogen (secondary N) is 1. The van der Waals surface area contributed by atoms with Crippen molar-refractivity contribution in [3.8, 4) is 0 Å². The van der Waals surface area contributed by atoms with Crippen molar-refractivity contribution in [1.29, 1.82) is 0 Å². The second kappa shape index (κ2) is 8.48. The molecule has 30 heavy (non-hydrogen) atoms. The third kappa shape index (κ3) is 4.05. The first kappa shape index (κ1) is 20.4. The van der Waals surface area contributed by atoms with E-state index >= 15 is 0 Å². The Kier molecular flexibility index (Phi) is 5.77. The van der Waals surface area contributed by atoms with E-state index in [2.05, 4.69) is 47.2 Å². The van der Waals surface area contributed by atoms with Crippen LogP contribution in [0.25, 0.3) is 0 Å². The van der Waals surface area contributed by atoms with Crippen LogP contribution in [-0.4, -0.2) is 55.5 Å². The molecule has 4 rings (SSSR count). The molecule has 0 unspecified atom stereocenters. The van der Waals surface area contributed by atoms with Crippen molar-refractivity contribution in [1.82, 2.24) is 4.90 Å². The van der Waals surface area contributed by atoms with E-state index in [0.29, 0.717) is 18.7 Å². The Morgan fingerprint density at radius 3 is 2.47 bits per heavy atom. The molecule has 2 aliphatic rings. The van der Waals surface area contributed by atoms with Crippen LogP contribution < -0.4 is 15.1 Å². The average Bonchev–Trinajstić information content (AvgIpc) is 2.85. The fourth-order valence-electron chi connectivity index (χ4n) is 4.46. The number of benzene rings is 2. The molecule has 1 atom stereocenters. The lowest BCUT2D eigenvalue weighted by atomic mass is 10.1. The van der Waals surface area contributed by atoms with Crippen LogP contribution in [0.1, 0.15) is 24.5 Å². The van der Waals surface area contributed by atoms with Gasteiger partial charge in [-0.1, -0.05) is 24.3 Å². The lowest BCUT2D eigenvalue weighted by Gasteiger charge is -2.38. The first-order valence-corrected chi connectivity index (χ1v) is 10.7. The Hall–Kier alpha value is -2.86. The molecule has 2 aromatic carbocycles. The summed E-state index contributed by atoms with van der Waals surface area (Å²) in [5, 5.41) is 2.92. The van der Waals surface area contributed by atoms with Crippen molar-refractivity contribution >= 4 is 28.9 Å². The maximum absolute atomic E-state index is 13.3. The van der Waals surface area contributed by atoms with Gasteiger partial charge in [0.1, 0.15) is 0 Å². The number of nitrogens with zero attached hydrogens (tertiary/aromatic N) is 3. The Bertz CT molecular complexity index is 950. The summed E-state index contributed by atoms with van der Waals surface area (Å²) in [5.41, 5.74) is 5.42. The first-order valence-electron chi connectivity index (χ1n) is 10.7. The summed E-state index contributed by atoms with van der Waals surface area (Å²) in [7, 11) is 0. The summed E-state index contributed by atoms with van der Waals surface area (Å²) < 4.78 is 0. The molecule has 1 saturated heterocycles. The highest BCUT2D eigenvalue weighted by molar-refractivity contribution is 6.04. The molecular weight excluding hydrogens is 376 g/mol. The van der Waals surface area contributed by atoms with Crippen molar-refractivity contribution in [2.45, 2.75) is 33.2 Å². The van der Waals surface area contributed by atoms with Crippen molar-refractivity contribution in [2.24, 2.45) is 0 Å². The maximum Gasteiger partial charge on any atom is 0.241 e. The molecule has 0 saturated carbocycles. The topological polar surface area (TPSA) is 55.9 Å². The maximum atomic E-state index is 13.3. The largest absolute Gasteiger partial charge is 0.369 e. The number of carbonyl (C=O) groups is 2. The van der Waals surface area contributed by atoms with E-state index in [4.69, 9.17) is 0 Å². The van der Waals surface area contributed by atoms with E-state index in [1.54, 1.807) is 4.90 Å². The standard InChI is InChI=1S/C24H30N4O2/c1-17-7-6-10-21(19(17)3)27-13-11-26(12-14-27)16-24(30)28-18(2)15-23(29)25-20-8-4-5-9-22(20)28/h4-10,18H,11-16H2,1-3H3,(H,25,29)/t18-/m1/s1. The number of hydrogen-bond acceptors (Lipinski definition) is 4. The minimum atomic E-state index is -0.169. The van der Waals surface area contributed by atoms with Gasteiger partial charge in [0.25, 0.3) is 0 Å². The molecule has 0 aromatic heterocycles. The smallest absolute Gasteiger partial charge is 0.241 e. The van der Waals surface area contributed by atoms with Crippen LogP contribution >= 0.6 is 0 Å². The van der Waals surface area contributed by atoms with Gasteiger partial charge in [-0.15, -0.1) is 0 Å². The third-order valence-electron chi connectivity index (χ3n) is 6.28. The lowest BCUT2D eigenvalue weighted by Crippen LogP contribution is -2.51. The second-order valence-electron chi connectivity index (χ2n) is 8.36. The molecule has 0 aliphatic carbocycles. The number of hydrogen-bond donors (Lipinski definition) is 1. The zero-order chi connectivity index (χ0) is 21.3. The molecule has 2 aliphatic heterocycles. The zero-order valence-corrected chi connectivity index (χ0v) is 18.0. The van der Waals surface area contributed by atoms with Gasteiger partial charge in [-0.25, -0.2) is 0 Å². The molecule has 0 radical (unpaired) electrons. The molecule has 2 amide bonds. The third-order valence-corrected chi connectivity index (χ3v) is 6.28. The molecule has 158 valence electrons. The number of piperazine rings is 1. The molecule has 1 N–H and O–H groups in total. The highest BCUT2D eigenvalue weighted by Gasteiger charge is 2.31. The quantitative estimate of drug-likeness (QED) is 0.851. The molecular formula is C24H30N4O2. The minimum Gasteiger partial charge on any atom is -0.369 e. The average molecular weight is 407 g/mol. The SMILES string of the molecule is Cc1cccc(N2CCN(CC(=O)N3c4ccccc4NC(=O)C[C@H]3C)CC2)c1C. The molecule has 6 heteroatoms. The van der Waals surface area contributed by atoms with Crippen LogP contribution in [0.15, 0.2) is 42.5 Å². The number of carbonyl (C=O) groups excluding carboxylic acids is 2. The summed E-state index contributed by atoms with van der Waals surface area (Å²) in [6, 6.07) is 13.8. The van der Waals surface area contributed by atoms with Gasteiger partial charge in [-0.05, 0) is 50.1 Å². The fourth-order valence-corrected chi connectivity index (χ4v) is 4.46. The molecule has 2 aromatic rings. The number of anilines is 3. The van der Waals surface area contributed by atoms with Gasteiger partial charge in [0, 0.05) is 44.3 Å². The zero-order valence-electron chi connectivity index (χ0n) is 18.0. The Balaban J connectivity index is 1.44. The van der Waals surface area contributed by atoms with Crippen molar-refractivity contribution < 1.29 is 9.59 Å². The molecule has 0 spiro atoms. The van der Waals surface area contributed by atoms with Crippen molar-refractivity contribution in [3.63, 3.8) is 0 Å². The Morgan fingerprint density at radius 2 is 1.70 bits per heavy atom. The van der Waals surface area contributed by atoms with Crippen molar-refractivity contribution in [2.75, 3.05) is 47.8 Å². The van der Waals surface area contributed by atoms with Crippen LogP contribution in [0.2, 0.25) is 0 Å². The molecule has 2 heterocycles. The first-order chi connectivity index (χ1) is 14.4. The predicted octanol–water partition coefficient (Wildman–Crippen LogP) is 3.19. The Labute approximate surface area is 178 Å². The highest BCUT2D eigenvalue weighted by Crippen LogP contribution is 2.31. The second-order valence-corrected chi connectivity index (χ2v) is 8.36. The highest BCUT2D eigenvalue weighted by atomic mass is 16.2. The minimum absolute atomic E-state index is 0.0478. The predicted molar refractivity (Wildman–Crippen MR) is 121 cm³/mol. The van der Waals surface area contributed by atoms with Gasteiger partial charge in [0.15, 0.2) is 0 Å². The van der Waals surface area contributed by atoms with Crippen molar-refractivity contribution in [3.05, 3.63) is 53.6 Å². The molecule has 0 bridgehead atoms.